The Morgan fingerprint density at radius 1 is 0.944 bits per heavy atom. The van der Waals surface area contributed by atoms with Crippen LogP contribution in [-0.2, 0) is 6.54 Å². The van der Waals surface area contributed by atoms with Crippen molar-refractivity contribution in [3.8, 4) is 0 Å². The number of nitrogens with zero attached hydrogens (tertiary/aromatic N) is 4. The van der Waals surface area contributed by atoms with Gasteiger partial charge in [-0.05, 0) is 60.7 Å². The molecule has 0 atom stereocenters. The summed E-state index contributed by atoms with van der Waals surface area (Å²) < 4.78 is 0.619. The fraction of sp³-hybridized carbons (Fsp3) is 0.192. The summed E-state index contributed by atoms with van der Waals surface area (Å²) in [5.41, 5.74) is 3.20. The fourth-order valence-electron chi connectivity index (χ4n) is 4.17. The van der Waals surface area contributed by atoms with Crippen molar-refractivity contribution in [2.75, 3.05) is 36.0 Å². The molecular weight excluding hydrogens is 517 g/mol. The molecule has 0 aliphatic carbocycles. The number of H-pyrrole nitrogens is 1. The summed E-state index contributed by atoms with van der Waals surface area (Å²) in [5, 5.41) is 0.581. The summed E-state index contributed by atoms with van der Waals surface area (Å²) in [6, 6.07) is 18.3. The monoisotopic (exact) mass is 539 g/mol. The van der Waals surface area contributed by atoms with E-state index in [-0.39, 0.29) is 11.8 Å². The minimum Gasteiger partial charge on any atom is -0.368 e. The van der Waals surface area contributed by atoms with Crippen molar-refractivity contribution in [1.29, 1.82) is 0 Å². The largest absolute Gasteiger partial charge is 0.368 e. The van der Waals surface area contributed by atoms with Crippen LogP contribution in [0.1, 0.15) is 25.7 Å². The minimum absolute atomic E-state index is 0.0251. The van der Waals surface area contributed by atoms with Crippen molar-refractivity contribution >= 4 is 57.7 Å². The maximum Gasteiger partial charge on any atom is 0.264 e. The number of rotatable bonds is 6. The van der Waals surface area contributed by atoms with Crippen LogP contribution in [0.4, 0.5) is 11.4 Å². The molecule has 1 fully saturated rings. The molecule has 184 valence electrons. The predicted octanol–water partition coefficient (Wildman–Crippen LogP) is 5.59. The summed E-state index contributed by atoms with van der Waals surface area (Å²) in [6.07, 6.45) is 3.31. The van der Waals surface area contributed by atoms with Crippen molar-refractivity contribution in [2.45, 2.75) is 6.54 Å². The van der Waals surface area contributed by atoms with Gasteiger partial charge in [0.2, 0.25) is 0 Å². The standard InChI is InChI=1S/C26H23Cl2N5O2S/c27-19-3-1-18(2-4-19)25(34)33(16-20-15-29-17-30-20)22-7-5-21(6-8-22)31-11-13-32(14-12-31)26(35)23-9-10-24(28)36-23/h1-10,15,17H,11-14,16H2,(H,29,30). The normalized spacial score (nSPS) is 13.6. The Hall–Kier alpha value is -3.33. The van der Waals surface area contributed by atoms with Gasteiger partial charge >= 0.3 is 0 Å². The second-order valence-corrected chi connectivity index (χ2v) is 10.5. The third kappa shape index (κ3) is 5.41. The van der Waals surface area contributed by atoms with Crippen molar-refractivity contribution < 1.29 is 9.59 Å². The Bertz CT molecular complexity index is 1330. The molecule has 36 heavy (non-hydrogen) atoms. The summed E-state index contributed by atoms with van der Waals surface area (Å²) in [7, 11) is 0. The molecule has 0 spiro atoms. The highest BCUT2D eigenvalue weighted by molar-refractivity contribution is 7.17. The van der Waals surface area contributed by atoms with Crippen molar-refractivity contribution in [3.05, 3.63) is 98.7 Å². The van der Waals surface area contributed by atoms with Crippen LogP contribution in [0.2, 0.25) is 9.36 Å². The average Bonchev–Trinajstić information content (AvgIpc) is 3.59. The van der Waals surface area contributed by atoms with Gasteiger partial charge in [-0.25, -0.2) is 4.98 Å². The highest BCUT2D eigenvalue weighted by Gasteiger charge is 2.24. The molecule has 1 saturated heterocycles. The van der Waals surface area contributed by atoms with Gasteiger partial charge in [0.05, 0.1) is 27.8 Å². The molecule has 3 heterocycles. The van der Waals surface area contributed by atoms with E-state index in [0.29, 0.717) is 39.4 Å². The number of aromatic amines is 1. The zero-order valence-electron chi connectivity index (χ0n) is 19.2. The van der Waals surface area contributed by atoms with E-state index in [1.54, 1.807) is 53.8 Å². The predicted molar refractivity (Wildman–Crippen MR) is 144 cm³/mol. The average molecular weight is 540 g/mol. The smallest absolute Gasteiger partial charge is 0.264 e. The number of anilines is 2. The van der Waals surface area contributed by atoms with Crippen LogP contribution in [0.5, 0.6) is 0 Å². The summed E-state index contributed by atoms with van der Waals surface area (Å²) in [5.74, 6) is -0.105. The van der Waals surface area contributed by atoms with Gasteiger partial charge in [-0.2, -0.15) is 0 Å². The van der Waals surface area contributed by atoms with E-state index in [4.69, 9.17) is 23.2 Å². The molecule has 4 aromatic rings. The van der Waals surface area contributed by atoms with E-state index in [2.05, 4.69) is 14.9 Å². The van der Waals surface area contributed by atoms with Crippen LogP contribution in [0.15, 0.2) is 73.2 Å². The number of aromatic nitrogens is 2. The van der Waals surface area contributed by atoms with E-state index in [1.165, 1.54) is 11.3 Å². The van der Waals surface area contributed by atoms with Gasteiger partial charge in [-0.15, -0.1) is 11.3 Å². The lowest BCUT2D eigenvalue weighted by Gasteiger charge is -2.36. The van der Waals surface area contributed by atoms with Gasteiger partial charge in [0.15, 0.2) is 0 Å². The van der Waals surface area contributed by atoms with Gasteiger partial charge in [-0.1, -0.05) is 23.2 Å². The summed E-state index contributed by atoms with van der Waals surface area (Å²) in [6.45, 7) is 3.08. The molecule has 2 amide bonds. The quantitative estimate of drug-likeness (QED) is 0.346. The molecule has 10 heteroatoms. The molecule has 0 saturated carbocycles. The molecule has 2 aromatic heterocycles. The number of nitrogens with one attached hydrogen (secondary N) is 1. The third-order valence-electron chi connectivity index (χ3n) is 6.10. The zero-order valence-corrected chi connectivity index (χ0v) is 21.6. The molecule has 1 aliphatic rings. The van der Waals surface area contributed by atoms with Gasteiger partial charge in [0, 0.05) is 54.3 Å². The molecule has 1 aliphatic heterocycles. The number of hydrogen-bond donors (Lipinski definition) is 1. The van der Waals surface area contributed by atoms with Crippen LogP contribution in [0.3, 0.4) is 0 Å². The minimum atomic E-state index is -0.130. The molecule has 0 bridgehead atoms. The molecule has 7 nitrogen and oxygen atoms in total. The number of benzene rings is 2. The Morgan fingerprint density at radius 2 is 1.67 bits per heavy atom. The fourth-order valence-corrected chi connectivity index (χ4v) is 5.30. The third-order valence-corrected chi connectivity index (χ3v) is 7.57. The lowest BCUT2D eigenvalue weighted by atomic mass is 10.1. The zero-order chi connectivity index (χ0) is 25.1. The Balaban J connectivity index is 1.29. The van der Waals surface area contributed by atoms with E-state index < -0.39 is 0 Å². The first-order valence-electron chi connectivity index (χ1n) is 11.4. The van der Waals surface area contributed by atoms with Crippen LogP contribution >= 0.6 is 34.5 Å². The second-order valence-electron chi connectivity index (χ2n) is 8.37. The number of piperazine rings is 1. The van der Waals surface area contributed by atoms with Crippen LogP contribution < -0.4 is 9.80 Å². The van der Waals surface area contributed by atoms with Crippen LogP contribution in [0.25, 0.3) is 0 Å². The number of hydrogen-bond acceptors (Lipinski definition) is 5. The first-order chi connectivity index (χ1) is 17.5. The Morgan fingerprint density at radius 3 is 2.28 bits per heavy atom. The van der Waals surface area contributed by atoms with Gasteiger partial charge < -0.3 is 19.7 Å². The lowest BCUT2D eigenvalue weighted by Crippen LogP contribution is -2.48. The highest BCUT2D eigenvalue weighted by atomic mass is 35.5. The number of halogens is 2. The topological polar surface area (TPSA) is 72.5 Å². The molecule has 0 unspecified atom stereocenters. The molecule has 0 radical (unpaired) electrons. The van der Waals surface area contributed by atoms with Crippen LogP contribution in [-0.4, -0.2) is 52.9 Å². The van der Waals surface area contributed by atoms with Crippen LogP contribution in [0, 0.1) is 0 Å². The summed E-state index contributed by atoms with van der Waals surface area (Å²) >= 11 is 13.3. The lowest BCUT2D eigenvalue weighted by molar-refractivity contribution is 0.0751. The Labute approximate surface area is 222 Å². The number of carbonyl (C=O) groups is 2. The molecular formula is C26H23Cl2N5O2S. The van der Waals surface area contributed by atoms with Gasteiger partial charge in [0.25, 0.3) is 11.8 Å². The number of thiophene rings is 1. The molecule has 5 rings (SSSR count). The SMILES string of the molecule is O=C(c1ccc(Cl)s1)N1CCN(c2ccc(N(Cc3cnc[nH]3)C(=O)c3ccc(Cl)cc3)cc2)CC1. The highest BCUT2D eigenvalue weighted by Crippen LogP contribution is 2.27. The second kappa shape index (κ2) is 10.7. The van der Waals surface area contributed by atoms with E-state index in [1.807, 2.05) is 29.2 Å². The number of carbonyl (C=O) groups excluding carboxylic acids is 2. The van der Waals surface area contributed by atoms with E-state index in [9.17, 15) is 9.59 Å². The number of imidazole rings is 1. The van der Waals surface area contributed by atoms with Crippen molar-refractivity contribution in [2.24, 2.45) is 0 Å². The first-order valence-corrected chi connectivity index (χ1v) is 13.0. The maximum absolute atomic E-state index is 13.4. The summed E-state index contributed by atoms with van der Waals surface area (Å²) in [4.78, 5) is 39.7. The van der Waals surface area contributed by atoms with Crippen molar-refractivity contribution in [3.63, 3.8) is 0 Å². The molecule has 2 aromatic carbocycles. The first kappa shape index (κ1) is 24.4. The van der Waals surface area contributed by atoms with E-state index in [0.717, 1.165) is 30.2 Å². The molecule has 1 N–H and O–H groups in total. The maximum atomic E-state index is 13.4. The van der Waals surface area contributed by atoms with Gasteiger partial charge in [0.1, 0.15) is 0 Å². The van der Waals surface area contributed by atoms with E-state index >= 15 is 0 Å². The Kier molecular flexibility index (Phi) is 7.27. The van der Waals surface area contributed by atoms with Crippen molar-refractivity contribution in [1.82, 2.24) is 14.9 Å². The number of amides is 2. The van der Waals surface area contributed by atoms with Gasteiger partial charge in [-0.3, -0.25) is 9.59 Å².